The van der Waals surface area contributed by atoms with Crippen molar-refractivity contribution in [2.24, 2.45) is 11.5 Å². The lowest BCUT2D eigenvalue weighted by molar-refractivity contribution is 0.0986. The van der Waals surface area contributed by atoms with E-state index in [1.807, 2.05) is 16.1 Å². The molecule has 6 N–H and O–H groups in total. The van der Waals surface area contributed by atoms with Crippen LogP contribution in [0, 0.1) is 34.6 Å². The van der Waals surface area contributed by atoms with E-state index in [1.165, 1.54) is 0 Å². The van der Waals surface area contributed by atoms with Crippen LogP contribution in [0.15, 0.2) is 39.2 Å². The molecule has 0 aliphatic heterocycles. The number of fused-ring (bicyclic) bond motifs is 2. The van der Waals surface area contributed by atoms with Crippen LogP contribution in [0.4, 0.5) is 11.9 Å². The molecule has 0 atom stereocenters. The molecule has 6 aromatic rings. The van der Waals surface area contributed by atoms with E-state index < -0.39 is 23.6 Å². The van der Waals surface area contributed by atoms with Gasteiger partial charge in [-0.2, -0.15) is 0 Å². The number of hydrogen-bond acceptors (Lipinski definition) is 10. The van der Waals surface area contributed by atoms with E-state index in [4.69, 9.17) is 20.3 Å². The van der Waals surface area contributed by atoms with Gasteiger partial charge in [0.1, 0.15) is 0 Å². The van der Waals surface area contributed by atoms with Gasteiger partial charge in [-0.25, -0.2) is 19.9 Å². The maximum absolute atomic E-state index is 13.2. The lowest BCUT2D eigenvalue weighted by atomic mass is 10.1. The molecule has 252 valence electrons. The number of benzene rings is 2. The molecule has 0 radical (unpaired) electrons. The minimum Gasteiger partial charge on any atom is -0.436 e. The minimum absolute atomic E-state index is 0.0704. The van der Waals surface area contributed by atoms with E-state index in [0.29, 0.717) is 71.2 Å². The van der Waals surface area contributed by atoms with Gasteiger partial charge in [-0.3, -0.25) is 29.8 Å². The number of nitrogens with zero attached hydrogens (tertiary/aromatic N) is 6. The van der Waals surface area contributed by atoms with Crippen LogP contribution in [0.2, 0.25) is 0 Å². The maximum atomic E-state index is 13.2. The maximum Gasteiger partial charge on any atom is 0.295 e. The topological polar surface area (TPSA) is 232 Å². The second-order valence-corrected chi connectivity index (χ2v) is 11.7. The fraction of sp³-hybridized carbons (Fsp3) is 0.273. The van der Waals surface area contributed by atoms with Crippen LogP contribution in [0.25, 0.3) is 22.1 Å². The van der Waals surface area contributed by atoms with E-state index in [-0.39, 0.29) is 29.0 Å². The fourth-order valence-corrected chi connectivity index (χ4v) is 5.88. The van der Waals surface area contributed by atoms with Gasteiger partial charge in [-0.1, -0.05) is 0 Å². The van der Waals surface area contributed by atoms with Crippen LogP contribution in [0.1, 0.15) is 83.4 Å². The van der Waals surface area contributed by atoms with Gasteiger partial charge >= 0.3 is 0 Å². The summed E-state index contributed by atoms with van der Waals surface area (Å²) in [6, 6.07) is 8.17. The molecule has 0 fully saturated rings. The van der Waals surface area contributed by atoms with Crippen molar-refractivity contribution >= 4 is 57.6 Å². The van der Waals surface area contributed by atoms with Crippen molar-refractivity contribution in [1.29, 1.82) is 0 Å². The Kier molecular flexibility index (Phi) is 8.46. The quantitative estimate of drug-likeness (QED) is 0.145. The van der Waals surface area contributed by atoms with Crippen molar-refractivity contribution in [3.05, 3.63) is 81.7 Å². The molecular formula is C33H34N10O6. The summed E-state index contributed by atoms with van der Waals surface area (Å²) in [4.78, 5) is 67.8. The Bertz CT molecular complexity index is 2310. The van der Waals surface area contributed by atoms with Gasteiger partial charge in [0, 0.05) is 38.1 Å². The van der Waals surface area contributed by atoms with Gasteiger partial charge in [0.25, 0.3) is 11.8 Å². The van der Waals surface area contributed by atoms with Gasteiger partial charge in [-0.05, 0) is 69.5 Å². The highest BCUT2D eigenvalue weighted by atomic mass is 16.4. The molecule has 16 heteroatoms. The van der Waals surface area contributed by atoms with Crippen molar-refractivity contribution in [3.63, 3.8) is 0 Å². The predicted octanol–water partition coefficient (Wildman–Crippen LogP) is 4.09. The number of amides is 4. The SMILES string of the molecule is Cc1nc(C)c(C(=O)Nc2nc3cc(C(N)=O)ccc3n2CCCCn2c(NC(=O)c3oc(C)nc3C)nc3cc(C(N)=O)cc(C)c32)o1. The van der Waals surface area contributed by atoms with Crippen molar-refractivity contribution in [2.75, 3.05) is 10.6 Å². The summed E-state index contributed by atoms with van der Waals surface area (Å²) in [6.45, 7) is 9.35. The Morgan fingerprint density at radius 2 is 1.18 bits per heavy atom. The molecule has 0 spiro atoms. The molecule has 0 saturated heterocycles. The number of oxazole rings is 2. The summed E-state index contributed by atoms with van der Waals surface area (Å²) in [6.07, 6.45) is 1.19. The van der Waals surface area contributed by atoms with Crippen LogP contribution < -0.4 is 22.1 Å². The number of nitrogens with two attached hydrogens (primary N) is 2. The molecule has 6 rings (SSSR count). The molecule has 16 nitrogen and oxygen atoms in total. The number of hydrogen-bond donors (Lipinski definition) is 4. The third-order valence-corrected chi connectivity index (χ3v) is 8.03. The Hall–Kier alpha value is -6.32. The number of nitrogens with one attached hydrogen (secondary N) is 2. The highest BCUT2D eigenvalue weighted by molar-refractivity contribution is 6.04. The third-order valence-electron chi connectivity index (χ3n) is 8.03. The van der Waals surface area contributed by atoms with Crippen molar-refractivity contribution in [1.82, 2.24) is 29.1 Å². The summed E-state index contributed by atoms with van der Waals surface area (Å²) in [7, 11) is 0. The normalized spacial score (nSPS) is 11.4. The molecular weight excluding hydrogens is 632 g/mol. The zero-order chi connectivity index (χ0) is 35.1. The summed E-state index contributed by atoms with van der Waals surface area (Å²) < 4.78 is 14.7. The lowest BCUT2D eigenvalue weighted by Gasteiger charge is -2.13. The largest absolute Gasteiger partial charge is 0.436 e. The average Bonchev–Trinajstić information content (AvgIpc) is 3.77. The van der Waals surface area contributed by atoms with Gasteiger partial charge in [-0.15, -0.1) is 0 Å². The van der Waals surface area contributed by atoms with E-state index in [0.717, 1.165) is 11.1 Å². The van der Waals surface area contributed by atoms with Crippen LogP contribution in [0.3, 0.4) is 0 Å². The zero-order valence-corrected chi connectivity index (χ0v) is 27.5. The zero-order valence-electron chi connectivity index (χ0n) is 27.5. The Morgan fingerprint density at radius 3 is 1.71 bits per heavy atom. The number of anilines is 2. The second-order valence-electron chi connectivity index (χ2n) is 11.7. The van der Waals surface area contributed by atoms with Crippen molar-refractivity contribution in [2.45, 2.75) is 60.5 Å². The number of rotatable bonds is 11. The summed E-state index contributed by atoms with van der Waals surface area (Å²) in [5.41, 5.74) is 15.6. The first kappa shape index (κ1) is 32.6. The number of carbonyl (C=O) groups excluding carboxylic acids is 4. The molecule has 4 aromatic heterocycles. The van der Waals surface area contributed by atoms with Gasteiger partial charge < -0.3 is 29.4 Å². The summed E-state index contributed by atoms with van der Waals surface area (Å²) in [5.74, 6) is -0.849. The molecule has 0 aliphatic carbocycles. The summed E-state index contributed by atoms with van der Waals surface area (Å²) >= 11 is 0. The average molecular weight is 667 g/mol. The third kappa shape index (κ3) is 6.35. The van der Waals surface area contributed by atoms with Gasteiger partial charge in [0.05, 0.1) is 33.5 Å². The molecule has 0 aliphatic rings. The standard InChI is InChI=1S/C33H34N10O6/c1-15-12-21(29(35)45)14-23-25(15)43(33(39-23)41-31(47)27-17(3)37-19(5)49-27)11-7-6-10-42-24-9-8-20(28(34)44)13-22(24)38-32(42)40-30(46)26-16(2)36-18(4)48-26/h8-9,12-14H,6-7,10-11H2,1-5H3,(H2,34,44)(H2,35,45)(H,38,40,46)(H,39,41,47). The Labute approximate surface area is 278 Å². The number of imidazole rings is 2. The number of unbranched alkanes of at least 4 members (excludes halogenated alkanes) is 1. The highest BCUT2D eigenvalue weighted by Gasteiger charge is 2.23. The molecule has 4 amide bonds. The monoisotopic (exact) mass is 666 g/mol. The van der Waals surface area contributed by atoms with E-state index in [9.17, 15) is 19.2 Å². The van der Waals surface area contributed by atoms with Crippen molar-refractivity contribution in [3.8, 4) is 0 Å². The van der Waals surface area contributed by atoms with Crippen molar-refractivity contribution < 1.29 is 28.0 Å². The van der Waals surface area contributed by atoms with Crippen LogP contribution in [-0.4, -0.2) is 52.7 Å². The van der Waals surface area contributed by atoms with E-state index in [1.54, 1.807) is 58.0 Å². The second kappa shape index (κ2) is 12.7. The minimum atomic E-state index is -0.600. The summed E-state index contributed by atoms with van der Waals surface area (Å²) in [5, 5.41) is 5.66. The van der Waals surface area contributed by atoms with Crippen LogP contribution in [-0.2, 0) is 13.1 Å². The number of carbonyl (C=O) groups is 4. The smallest absolute Gasteiger partial charge is 0.295 e. The first-order chi connectivity index (χ1) is 23.3. The van der Waals surface area contributed by atoms with Gasteiger partial charge in [0.2, 0.25) is 35.2 Å². The first-order valence-electron chi connectivity index (χ1n) is 15.4. The highest BCUT2D eigenvalue weighted by Crippen LogP contribution is 2.28. The molecule has 0 bridgehead atoms. The predicted molar refractivity (Wildman–Crippen MR) is 178 cm³/mol. The molecule has 0 saturated carbocycles. The van der Waals surface area contributed by atoms with Crippen LogP contribution >= 0.6 is 0 Å². The van der Waals surface area contributed by atoms with E-state index >= 15 is 0 Å². The lowest BCUT2D eigenvalue weighted by Crippen LogP contribution is -2.17. The fourth-order valence-electron chi connectivity index (χ4n) is 5.88. The Morgan fingerprint density at radius 1 is 0.673 bits per heavy atom. The molecule has 2 aromatic carbocycles. The Balaban J connectivity index is 1.29. The molecule has 4 heterocycles. The number of primary amides is 2. The number of aromatic nitrogens is 6. The first-order valence-corrected chi connectivity index (χ1v) is 15.4. The molecule has 0 unspecified atom stereocenters. The van der Waals surface area contributed by atoms with E-state index in [2.05, 4.69) is 30.6 Å². The number of aryl methyl sites for hydroxylation is 7. The molecule has 49 heavy (non-hydrogen) atoms. The van der Waals surface area contributed by atoms with Crippen LogP contribution in [0.5, 0.6) is 0 Å². The van der Waals surface area contributed by atoms with Gasteiger partial charge in [0.15, 0.2) is 11.8 Å².